The van der Waals surface area contributed by atoms with E-state index in [1.54, 1.807) is 4.90 Å². The summed E-state index contributed by atoms with van der Waals surface area (Å²) in [7, 11) is 0. The van der Waals surface area contributed by atoms with Crippen LogP contribution in [0, 0.1) is 6.92 Å². The van der Waals surface area contributed by atoms with Crippen LogP contribution in [0.3, 0.4) is 0 Å². The second-order valence-electron chi connectivity index (χ2n) is 7.79. The highest BCUT2D eigenvalue weighted by atomic mass is 16.6. The zero-order chi connectivity index (χ0) is 18.4. The first-order valence-electron chi connectivity index (χ1n) is 9.06. The molecule has 0 spiro atoms. The van der Waals surface area contributed by atoms with E-state index in [9.17, 15) is 9.59 Å². The molecule has 1 aliphatic rings. The first kappa shape index (κ1) is 19.3. The number of ether oxygens (including phenoxy) is 1. The summed E-state index contributed by atoms with van der Waals surface area (Å²) in [6.07, 6.45) is 2.53. The minimum atomic E-state index is -0.474. The molecule has 0 aliphatic carbocycles. The van der Waals surface area contributed by atoms with Crippen molar-refractivity contribution in [2.75, 3.05) is 13.1 Å². The van der Waals surface area contributed by atoms with Gasteiger partial charge in [-0.15, -0.1) is 0 Å². The number of hydrogen-bond acceptors (Lipinski definition) is 3. The van der Waals surface area contributed by atoms with Crippen LogP contribution in [-0.2, 0) is 16.0 Å². The van der Waals surface area contributed by atoms with Crippen LogP contribution in [0.4, 0.5) is 4.79 Å². The number of rotatable bonds is 4. The van der Waals surface area contributed by atoms with Crippen molar-refractivity contribution in [1.29, 1.82) is 0 Å². The van der Waals surface area contributed by atoms with Gasteiger partial charge in [-0.2, -0.15) is 0 Å². The van der Waals surface area contributed by atoms with E-state index in [-0.39, 0.29) is 18.0 Å². The summed E-state index contributed by atoms with van der Waals surface area (Å²) in [6.45, 7) is 8.90. The van der Waals surface area contributed by atoms with Gasteiger partial charge in [0.2, 0.25) is 5.91 Å². The molecule has 2 amide bonds. The number of carbonyl (C=O) groups excluding carboxylic acids is 2. The Labute approximate surface area is 150 Å². The van der Waals surface area contributed by atoms with Crippen molar-refractivity contribution in [3.8, 4) is 0 Å². The van der Waals surface area contributed by atoms with E-state index in [2.05, 4.69) is 36.5 Å². The van der Waals surface area contributed by atoms with E-state index < -0.39 is 5.60 Å². The Morgan fingerprint density at radius 1 is 1.16 bits per heavy atom. The minimum Gasteiger partial charge on any atom is -0.444 e. The molecule has 5 nitrogen and oxygen atoms in total. The molecule has 0 unspecified atom stereocenters. The first-order valence-corrected chi connectivity index (χ1v) is 9.06. The van der Waals surface area contributed by atoms with Crippen molar-refractivity contribution in [2.45, 2.75) is 65.0 Å². The molecule has 1 aliphatic heterocycles. The Kier molecular flexibility index (Phi) is 6.45. The van der Waals surface area contributed by atoms with Gasteiger partial charge in [0, 0.05) is 25.6 Å². The van der Waals surface area contributed by atoms with Gasteiger partial charge in [0.25, 0.3) is 0 Å². The molecule has 1 aromatic carbocycles. The van der Waals surface area contributed by atoms with Crippen molar-refractivity contribution < 1.29 is 14.3 Å². The smallest absolute Gasteiger partial charge is 0.410 e. The lowest BCUT2D eigenvalue weighted by molar-refractivity contribution is -0.122. The van der Waals surface area contributed by atoms with Crippen LogP contribution in [0.15, 0.2) is 24.3 Å². The van der Waals surface area contributed by atoms with E-state index in [1.807, 2.05) is 20.8 Å². The van der Waals surface area contributed by atoms with Crippen molar-refractivity contribution in [3.05, 3.63) is 35.4 Å². The van der Waals surface area contributed by atoms with Crippen LogP contribution in [0.5, 0.6) is 0 Å². The summed E-state index contributed by atoms with van der Waals surface area (Å²) >= 11 is 0. The average molecular weight is 346 g/mol. The Hall–Kier alpha value is -2.04. The Morgan fingerprint density at radius 3 is 2.32 bits per heavy atom. The van der Waals surface area contributed by atoms with Gasteiger partial charge in [-0.3, -0.25) is 4.79 Å². The predicted octanol–water partition coefficient (Wildman–Crippen LogP) is 3.44. The molecular formula is C20H30N2O3. The third-order valence-electron chi connectivity index (χ3n) is 4.27. The number of likely N-dealkylation sites (tertiary alicyclic amines) is 1. The molecule has 1 N–H and O–H groups in total. The van der Waals surface area contributed by atoms with Crippen LogP contribution < -0.4 is 5.32 Å². The van der Waals surface area contributed by atoms with E-state index in [1.165, 1.54) is 11.1 Å². The van der Waals surface area contributed by atoms with Crippen molar-refractivity contribution in [2.24, 2.45) is 0 Å². The summed E-state index contributed by atoms with van der Waals surface area (Å²) in [5.74, 6) is 0.0799. The van der Waals surface area contributed by atoms with Gasteiger partial charge in [-0.25, -0.2) is 4.79 Å². The maximum absolute atomic E-state index is 12.1. The molecule has 0 bridgehead atoms. The Balaban J connectivity index is 1.69. The third kappa shape index (κ3) is 6.77. The lowest BCUT2D eigenvalue weighted by Crippen LogP contribution is -2.47. The molecule has 0 aromatic heterocycles. The van der Waals surface area contributed by atoms with E-state index in [0.717, 1.165) is 19.3 Å². The zero-order valence-electron chi connectivity index (χ0n) is 15.8. The van der Waals surface area contributed by atoms with Crippen molar-refractivity contribution in [1.82, 2.24) is 10.2 Å². The number of aryl methyl sites for hydroxylation is 2. The summed E-state index contributed by atoms with van der Waals surface area (Å²) in [6, 6.07) is 8.42. The fraction of sp³-hybridized carbons (Fsp3) is 0.600. The van der Waals surface area contributed by atoms with Crippen LogP contribution in [-0.4, -0.2) is 41.6 Å². The van der Waals surface area contributed by atoms with Gasteiger partial charge >= 0.3 is 6.09 Å². The SMILES string of the molecule is Cc1ccc(CCC(=O)NC2CCN(C(=O)OC(C)(C)C)CC2)cc1. The number of nitrogens with zero attached hydrogens (tertiary/aromatic N) is 1. The lowest BCUT2D eigenvalue weighted by Gasteiger charge is -2.33. The number of nitrogens with one attached hydrogen (secondary N) is 1. The maximum Gasteiger partial charge on any atom is 0.410 e. The molecule has 25 heavy (non-hydrogen) atoms. The molecule has 1 aromatic rings. The van der Waals surface area contributed by atoms with Gasteiger partial charge in [-0.1, -0.05) is 29.8 Å². The van der Waals surface area contributed by atoms with Crippen LogP contribution >= 0.6 is 0 Å². The predicted molar refractivity (Wildman–Crippen MR) is 98.5 cm³/mol. The molecule has 0 radical (unpaired) electrons. The van der Waals surface area contributed by atoms with Gasteiger partial charge in [0.15, 0.2) is 0 Å². The molecule has 138 valence electrons. The molecule has 0 atom stereocenters. The lowest BCUT2D eigenvalue weighted by atomic mass is 10.0. The Bertz CT molecular complexity index is 582. The summed E-state index contributed by atoms with van der Waals surface area (Å²) < 4.78 is 5.39. The highest BCUT2D eigenvalue weighted by Crippen LogP contribution is 2.15. The second-order valence-corrected chi connectivity index (χ2v) is 7.79. The van der Waals surface area contributed by atoms with Crippen molar-refractivity contribution >= 4 is 12.0 Å². The van der Waals surface area contributed by atoms with E-state index in [4.69, 9.17) is 4.74 Å². The Morgan fingerprint density at radius 2 is 1.76 bits per heavy atom. The largest absolute Gasteiger partial charge is 0.444 e. The maximum atomic E-state index is 12.1. The number of amides is 2. The molecule has 5 heteroatoms. The fourth-order valence-electron chi connectivity index (χ4n) is 2.85. The van der Waals surface area contributed by atoms with Gasteiger partial charge in [-0.05, 0) is 52.5 Å². The monoisotopic (exact) mass is 346 g/mol. The molecule has 1 heterocycles. The number of hydrogen-bond donors (Lipinski definition) is 1. The average Bonchev–Trinajstić information content (AvgIpc) is 2.53. The fourth-order valence-corrected chi connectivity index (χ4v) is 2.85. The third-order valence-corrected chi connectivity index (χ3v) is 4.27. The first-order chi connectivity index (χ1) is 11.7. The highest BCUT2D eigenvalue weighted by Gasteiger charge is 2.27. The second kappa shape index (κ2) is 8.37. The highest BCUT2D eigenvalue weighted by molar-refractivity contribution is 5.76. The molecule has 1 saturated heterocycles. The molecule has 1 fully saturated rings. The van der Waals surface area contributed by atoms with Gasteiger partial charge in [0.1, 0.15) is 5.60 Å². The summed E-state index contributed by atoms with van der Waals surface area (Å²) in [4.78, 5) is 25.9. The van der Waals surface area contributed by atoms with E-state index >= 15 is 0 Å². The minimum absolute atomic E-state index is 0.0799. The number of benzene rings is 1. The van der Waals surface area contributed by atoms with Gasteiger partial charge < -0.3 is 15.0 Å². The topological polar surface area (TPSA) is 58.6 Å². The standard InChI is InChI=1S/C20H30N2O3/c1-15-5-7-16(8-6-15)9-10-18(23)21-17-11-13-22(14-12-17)19(24)25-20(2,3)4/h5-8,17H,9-14H2,1-4H3,(H,21,23). The van der Waals surface area contributed by atoms with Gasteiger partial charge in [0.05, 0.1) is 0 Å². The molecule has 0 saturated carbocycles. The molecule has 2 rings (SSSR count). The number of piperidine rings is 1. The van der Waals surface area contributed by atoms with Crippen molar-refractivity contribution in [3.63, 3.8) is 0 Å². The normalized spacial score (nSPS) is 15.8. The van der Waals surface area contributed by atoms with Crippen LogP contribution in [0.1, 0.15) is 51.2 Å². The summed E-state index contributed by atoms with van der Waals surface area (Å²) in [5, 5.41) is 3.09. The molecular weight excluding hydrogens is 316 g/mol. The zero-order valence-corrected chi connectivity index (χ0v) is 15.8. The summed E-state index contributed by atoms with van der Waals surface area (Å²) in [5.41, 5.74) is 1.93. The van der Waals surface area contributed by atoms with Crippen LogP contribution in [0.2, 0.25) is 0 Å². The van der Waals surface area contributed by atoms with Crippen LogP contribution in [0.25, 0.3) is 0 Å². The van der Waals surface area contributed by atoms with E-state index in [0.29, 0.717) is 19.5 Å². The number of carbonyl (C=O) groups is 2. The quantitative estimate of drug-likeness (QED) is 0.908.